The SMILES string of the molecule is C1=COC(c2cccc(-c3c4ccccc4c(-c4cccc(-c5ncco5)n4)c4ccccc34)n2)N1. The highest BCUT2D eigenvalue weighted by Gasteiger charge is 2.20. The van der Waals surface area contributed by atoms with Gasteiger partial charge in [-0.2, -0.15) is 0 Å². The number of ether oxygens (including phenoxy) is 1. The molecule has 3 aromatic heterocycles. The van der Waals surface area contributed by atoms with Gasteiger partial charge < -0.3 is 14.5 Å². The summed E-state index contributed by atoms with van der Waals surface area (Å²) >= 11 is 0. The Balaban J connectivity index is 1.51. The largest absolute Gasteiger partial charge is 0.471 e. The fourth-order valence-corrected chi connectivity index (χ4v) is 4.90. The first-order chi connectivity index (χ1) is 17.9. The van der Waals surface area contributed by atoms with E-state index >= 15 is 0 Å². The molecule has 0 fully saturated rings. The summed E-state index contributed by atoms with van der Waals surface area (Å²) in [5.41, 5.74) is 5.43. The van der Waals surface area contributed by atoms with E-state index in [1.54, 1.807) is 24.9 Å². The van der Waals surface area contributed by atoms with Gasteiger partial charge in [0.1, 0.15) is 23.9 Å². The van der Waals surface area contributed by atoms with Gasteiger partial charge in [0.2, 0.25) is 12.1 Å². The number of rotatable bonds is 4. The Morgan fingerprint density at radius 2 is 1.25 bits per heavy atom. The van der Waals surface area contributed by atoms with Crippen LogP contribution in [0, 0.1) is 0 Å². The van der Waals surface area contributed by atoms with Gasteiger partial charge in [-0.1, -0.05) is 60.7 Å². The molecule has 0 saturated carbocycles. The molecule has 3 aromatic carbocycles. The van der Waals surface area contributed by atoms with E-state index in [4.69, 9.17) is 19.1 Å². The molecule has 1 unspecified atom stereocenters. The van der Waals surface area contributed by atoms with Crippen molar-refractivity contribution < 1.29 is 9.15 Å². The quantitative estimate of drug-likeness (QED) is 0.285. The second-order valence-corrected chi connectivity index (χ2v) is 8.52. The predicted octanol–water partition coefficient (Wildman–Crippen LogP) is 6.86. The van der Waals surface area contributed by atoms with E-state index in [1.165, 1.54) is 0 Å². The van der Waals surface area contributed by atoms with E-state index in [1.807, 2.05) is 30.3 Å². The van der Waals surface area contributed by atoms with E-state index in [-0.39, 0.29) is 6.23 Å². The molecule has 7 rings (SSSR count). The first-order valence-electron chi connectivity index (χ1n) is 11.7. The highest BCUT2D eigenvalue weighted by atomic mass is 16.5. The normalized spacial score (nSPS) is 14.7. The lowest BCUT2D eigenvalue weighted by atomic mass is 9.88. The Morgan fingerprint density at radius 1 is 0.639 bits per heavy atom. The van der Waals surface area contributed by atoms with E-state index in [0.29, 0.717) is 11.6 Å². The van der Waals surface area contributed by atoms with Crippen molar-refractivity contribution in [2.24, 2.45) is 0 Å². The van der Waals surface area contributed by atoms with Crippen molar-refractivity contribution >= 4 is 21.5 Å². The third-order valence-electron chi connectivity index (χ3n) is 6.41. The van der Waals surface area contributed by atoms with Crippen LogP contribution in [0.25, 0.3) is 55.6 Å². The molecule has 6 nitrogen and oxygen atoms in total. The molecule has 6 heteroatoms. The Bertz CT molecular complexity index is 1690. The summed E-state index contributed by atoms with van der Waals surface area (Å²) < 4.78 is 11.2. The van der Waals surface area contributed by atoms with Crippen molar-refractivity contribution in [2.75, 3.05) is 0 Å². The Kier molecular flexibility index (Phi) is 4.74. The van der Waals surface area contributed by atoms with Gasteiger partial charge in [0, 0.05) is 17.3 Å². The number of benzene rings is 3. The highest BCUT2D eigenvalue weighted by molar-refractivity contribution is 6.20. The fraction of sp³-hybridized carbons (Fsp3) is 0.0333. The molecule has 4 heterocycles. The lowest BCUT2D eigenvalue weighted by Crippen LogP contribution is -2.13. The number of fused-ring (bicyclic) bond motifs is 2. The molecule has 0 bridgehead atoms. The van der Waals surface area contributed by atoms with Crippen molar-refractivity contribution in [3.8, 4) is 34.1 Å². The van der Waals surface area contributed by atoms with Crippen LogP contribution in [0.15, 0.2) is 114 Å². The van der Waals surface area contributed by atoms with Gasteiger partial charge in [0.05, 0.1) is 17.6 Å². The standard InChI is InChI=1S/C30H20N4O2/c1-2-8-20-19(7-1)27(23-11-5-13-25(33-23)29-31-15-17-35-29)21-9-3-4-10-22(21)28(20)24-12-6-14-26(34-24)30-32-16-18-36-30/h1-18,29,31H. The first-order valence-corrected chi connectivity index (χ1v) is 11.7. The fourth-order valence-electron chi connectivity index (χ4n) is 4.90. The van der Waals surface area contributed by atoms with Crippen LogP contribution in [0.3, 0.4) is 0 Å². The van der Waals surface area contributed by atoms with E-state index in [9.17, 15) is 0 Å². The molecule has 1 aliphatic rings. The van der Waals surface area contributed by atoms with Crippen LogP contribution in [-0.2, 0) is 4.74 Å². The van der Waals surface area contributed by atoms with Crippen LogP contribution in [-0.4, -0.2) is 15.0 Å². The molecule has 1 atom stereocenters. The van der Waals surface area contributed by atoms with Crippen molar-refractivity contribution in [3.63, 3.8) is 0 Å². The van der Waals surface area contributed by atoms with Gasteiger partial charge in [-0.3, -0.25) is 0 Å². The number of nitrogens with zero attached hydrogens (tertiary/aromatic N) is 3. The molecule has 0 saturated heterocycles. The number of oxazole rings is 1. The lowest BCUT2D eigenvalue weighted by Gasteiger charge is -2.18. The van der Waals surface area contributed by atoms with E-state index in [0.717, 1.165) is 49.8 Å². The van der Waals surface area contributed by atoms with Gasteiger partial charge in [-0.25, -0.2) is 15.0 Å². The summed E-state index contributed by atoms with van der Waals surface area (Å²) in [6.45, 7) is 0. The number of hydrogen-bond acceptors (Lipinski definition) is 6. The molecular weight excluding hydrogens is 448 g/mol. The predicted molar refractivity (Wildman–Crippen MR) is 140 cm³/mol. The third-order valence-corrected chi connectivity index (χ3v) is 6.41. The monoisotopic (exact) mass is 468 g/mol. The molecule has 0 amide bonds. The van der Waals surface area contributed by atoms with Crippen molar-refractivity contribution in [1.29, 1.82) is 0 Å². The Hall–Kier alpha value is -4.97. The molecule has 0 spiro atoms. The second-order valence-electron chi connectivity index (χ2n) is 8.52. The summed E-state index contributed by atoms with van der Waals surface area (Å²) in [5, 5.41) is 7.61. The minimum Gasteiger partial charge on any atom is -0.471 e. The molecule has 172 valence electrons. The summed E-state index contributed by atoms with van der Waals surface area (Å²) in [5.74, 6) is 0.500. The van der Waals surface area contributed by atoms with Crippen LogP contribution in [0.1, 0.15) is 11.9 Å². The molecule has 0 aliphatic carbocycles. The third kappa shape index (κ3) is 3.31. The average Bonchev–Trinajstić information content (AvgIpc) is 3.67. The maximum atomic E-state index is 5.65. The highest BCUT2D eigenvalue weighted by Crippen LogP contribution is 2.43. The lowest BCUT2D eigenvalue weighted by molar-refractivity contribution is 0.150. The van der Waals surface area contributed by atoms with Gasteiger partial charge in [-0.05, 0) is 45.8 Å². The number of pyridine rings is 2. The van der Waals surface area contributed by atoms with Gasteiger partial charge in [-0.15, -0.1) is 0 Å². The Morgan fingerprint density at radius 3 is 1.83 bits per heavy atom. The summed E-state index contributed by atoms with van der Waals surface area (Å²) in [7, 11) is 0. The minimum atomic E-state index is -0.288. The van der Waals surface area contributed by atoms with Crippen LogP contribution in [0.2, 0.25) is 0 Å². The molecule has 36 heavy (non-hydrogen) atoms. The maximum absolute atomic E-state index is 5.65. The summed E-state index contributed by atoms with van der Waals surface area (Å²) in [4.78, 5) is 14.2. The minimum absolute atomic E-state index is 0.288. The number of aromatic nitrogens is 3. The molecular formula is C30H20N4O2. The smallest absolute Gasteiger partial charge is 0.245 e. The van der Waals surface area contributed by atoms with Gasteiger partial charge in [0.15, 0.2) is 0 Å². The zero-order valence-corrected chi connectivity index (χ0v) is 19.1. The van der Waals surface area contributed by atoms with Gasteiger partial charge in [0.25, 0.3) is 0 Å². The van der Waals surface area contributed by atoms with Crippen LogP contribution >= 0.6 is 0 Å². The zero-order valence-electron chi connectivity index (χ0n) is 19.1. The molecule has 6 aromatic rings. The van der Waals surface area contributed by atoms with Crippen molar-refractivity contribution in [3.05, 3.63) is 116 Å². The number of nitrogens with one attached hydrogen (secondary N) is 1. The van der Waals surface area contributed by atoms with Crippen LogP contribution in [0.5, 0.6) is 0 Å². The van der Waals surface area contributed by atoms with Crippen molar-refractivity contribution in [1.82, 2.24) is 20.3 Å². The van der Waals surface area contributed by atoms with Crippen LogP contribution < -0.4 is 5.32 Å². The van der Waals surface area contributed by atoms with Gasteiger partial charge >= 0.3 is 0 Å². The van der Waals surface area contributed by atoms with Crippen molar-refractivity contribution in [2.45, 2.75) is 6.23 Å². The Labute approximate surface area is 206 Å². The van der Waals surface area contributed by atoms with Crippen LogP contribution in [0.4, 0.5) is 0 Å². The summed E-state index contributed by atoms with van der Waals surface area (Å²) in [6.07, 6.45) is 6.35. The van der Waals surface area contributed by atoms with E-state index in [2.05, 4.69) is 64.9 Å². The average molecular weight is 469 g/mol. The first kappa shape index (κ1) is 20.4. The molecule has 1 aliphatic heterocycles. The topological polar surface area (TPSA) is 73.1 Å². The second kappa shape index (κ2) is 8.36. The van der Waals surface area contributed by atoms with E-state index < -0.39 is 0 Å². The maximum Gasteiger partial charge on any atom is 0.245 e. The molecule has 0 radical (unpaired) electrons. The number of hydrogen-bond donors (Lipinski definition) is 1. The molecule has 1 N–H and O–H groups in total. The summed E-state index contributed by atoms with van der Waals surface area (Å²) in [6, 6.07) is 28.9. The zero-order chi connectivity index (χ0) is 23.9.